The standard InChI is InChI=1S/C30H28FN3O5/c31-22-6-4-5-19(13-22)16-33-25-15-21(28(35)32-23-7-2-1-3-8-23)10-11-24(25)29(36)34(30(33)37)17-20-9-12-26-27(14-20)39-18-38-26/h4-6,9-15,23H,1-3,7-8,16-18H2,(H,32,35). The molecule has 9 heteroatoms. The summed E-state index contributed by atoms with van der Waals surface area (Å²) in [6.07, 6.45) is 5.22. The molecule has 1 aromatic heterocycles. The van der Waals surface area contributed by atoms with Crippen molar-refractivity contribution in [3.8, 4) is 11.5 Å². The van der Waals surface area contributed by atoms with Crippen molar-refractivity contribution < 1.29 is 18.7 Å². The molecule has 1 saturated carbocycles. The number of nitrogens with one attached hydrogen (secondary N) is 1. The highest BCUT2D eigenvalue weighted by Crippen LogP contribution is 2.32. The first kappa shape index (κ1) is 24.9. The number of carbonyl (C=O) groups excluding carboxylic acids is 1. The first-order valence-corrected chi connectivity index (χ1v) is 13.2. The summed E-state index contributed by atoms with van der Waals surface area (Å²) in [6.45, 7) is 0.158. The third-order valence-electron chi connectivity index (χ3n) is 7.44. The van der Waals surface area contributed by atoms with Crippen molar-refractivity contribution in [3.63, 3.8) is 0 Å². The van der Waals surface area contributed by atoms with Gasteiger partial charge < -0.3 is 14.8 Å². The third-order valence-corrected chi connectivity index (χ3v) is 7.44. The average Bonchev–Trinajstić information content (AvgIpc) is 3.42. The first-order valence-electron chi connectivity index (χ1n) is 13.2. The second-order valence-electron chi connectivity index (χ2n) is 10.1. The molecule has 2 aliphatic rings. The maximum atomic E-state index is 14.0. The van der Waals surface area contributed by atoms with E-state index in [0.717, 1.165) is 30.3 Å². The SMILES string of the molecule is O=C(NC1CCCCC1)c1ccc2c(=O)n(Cc3ccc4c(c3)OCO4)c(=O)n(Cc3cccc(F)c3)c2c1. The third kappa shape index (κ3) is 5.04. The fourth-order valence-corrected chi connectivity index (χ4v) is 5.41. The van der Waals surface area contributed by atoms with Crippen LogP contribution in [0.1, 0.15) is 53.6 Å². The summed E-state index contributed by atoms with van der Waals surface area (Å²) in [5.41, 5.74) is 0.921. The zero-order chi connectivity index (χ0) is 26.9. The lowest BCUT2D eigenvalue weighted by atomic mass is 9.95. The molecular weight excluding hydrogens is 501 g/mol. The van der Waals surface area contributed by atoms with Crippen LogP contribution in [0.15, 0.2) is 70.3 Å². The van der Waals surface area contributed by atoms with E-state index >= 15 is 0 Å². The smallest absolute Gasteiger partial charge is 0.332 e. The highest BCUT2D eigenvalue weighted by atomic mass is 19.1. The molecule has 1 aliphatic carbocycles. The normalized spacial score (nSPS) is 15.0. The number of hydrogen-bond acceptors (Lipinski definition) is 5. The highest BCUT2D eigenvalue weighted by Gasteiger charge is 2.20. The molecule has 0 bridgehead atoms. The molecule has 1 aliphatic heterocycles. The number of aromatic nitrogens is 2. The van der Waals surface area contributed by atoms with Gasteiger partial charge in [-0.25, -0.2) is 9.18 Å². The maximum absolute atomic E-state index is 14.0. The van der Waals surface area contributed by atoms with E-state index in [1.165, 1.54) is 23.1 Å². The van der Waals surface area contributed by atoms with E-state index < -0.39 is 17.1 Å². The molecule has 0 spiro atoms. The average molecular weight is 530 g/mol. The fraction of sp³-hybridized carbons (Fsp3) is 0.300. The van der Waals surface area contributed by atoms with Crippen molar-refractivity contribution in [2.45, 2.75) is 51.2 Å². The van der Waals surface area contributed by atoms with Crippen molar-refractivity contribution in [2.75, 3.05) is 6.79 Å². The van der Waals surface area contributed by atoms with Crippen molar-refractivity contribution in [2.24, 2.45) is 0 Å². The van der Waals surface area contributed by atoms with Gasteiger partial charge in [0.1, 0.15) is 5.82 Å². The molecule has 200 valence electrons. The number of hydrogen-bond donors (Lipinski definition) is 1. The molecule has 0 saturated heterocycles. The van der Waals surface area contributed by atoms with E-state index in [2.05, 4.69) is 5.32 Å². The Balaban J connectivity index is 1.44. The molecule has 1 amide bonds. The molecule has 4 aromatic rings. The van der Waals surface area contributed by atoms with Crippen LogP contribution in [-0.4, -0.2) is 27.9 Å². The van der Waals surface area contributed by atoms with Crippen LogP contribution in [-0.2, 0) is 13.1 Å². The summed E-state index contributed by atoms with van der Waals surface area (Å²) in [5, 5.41) is 3.38. The molecule has 0 radical (unpaired) electrons. The number of ether oxygens (including phenoxy) is 2. The number of amides is 1. The largest absolute Gasteiger partial charge is 0.454 e. The van der Waals surface area contributed by atoms with Crippen LogP contribution in [0.4, 0.5) is 4.39 Å². The first-order chi connectivity index (χ1) is 19.0. The summed E-state index contributed by atoms with van der Waals surface area (Å²) in [5.74, 6) is 0.492. The molecule has 3 aromatic carbocycles. The van der Waals surface area contributed by atoms with Crippen molar-refractivity contribution in [1.29, 1.82) is 0 Å². The second-order valence-corrected chi connectivity index (χ2v) is 10.1. The van der Waals surface area contributed by atoms with E-state index in [0.29, 0.717) is 39.1 Å². The molecule has 1 fully saturated rings. The van der Waals surface area contributed by atoms with Gasteiger partial charge in [-0.3, -0.25) is 18.7 Å². The Morgan fingerprint density at radius 3 is 2.46 bits per heavy atom. The lowest BCUT2D eigenvalue weighted by molar-refractivity contribution is 0.0928. The van der Waals surface area contributed by atoms with Gasteiger partial charge in [0.05, 0.1) is 24.0 Å². The number of fused-ring (bicyclic) bond motifs is 2. The van der Waals surface area contributed by atoms with Crippen LogP contribution in [0.25, 0.3) is 10.9 Å². The second kappa shape index (κ2) is 10.4. The predicted molar refractivity (Wildman–Crippen MR) is 144 cm³/mol. The molecule has 39 heavy (non-hydrogen) atoms. The number of nitrogens with zero attached hydrogens (tertiary/aromatic N) is 2. The Labute approximate surface area is 223 Å². The highest BCUT2D eigenvalue weighted by molar-refractivity contribution is 5.98. The monoisotopic (exact) mass is 529 g/mol. The molecule has 8 nitrogen and oxygen atoms in total. The fourth-order valence-electron chi connectivity index (χ4n) is 5.41. The van der Waals surface area contributed by atoms with Gasteiger partial charge in [0.2, 0.25) is 6.79 Å². The van der Waals surface area contributed by atoms with Gasteiger partial charge in [-0.1, -0.05) is 37.5 Å². The van der Waals surface area contributed by atoms with Crippen molar-refractivity contribution >= 4 is 16.8 Å². The van der Waals surface area contributed by atoms with E-state index in [1.54, 1.807) is 48.5 Å². The quantitative estimate of drug-likeness (QED) is 0.405. The Hall–Kier alpha value is -4.40. The number of carbonyl (C=O) groups is 1. The van der Waals surface area contributed by atoms with E-state index in [-0.39, 0.29) is 31.8 Å². The van der Waals surface area contributed by atoms with Crippen LogP contribution in [0.5, 0.6) is 11.5 Å². The predicted octanol–water partition coefficient (Wildman–Crippen LogP) is 4.19. The molecule has 6 rings (SSSR count). The molecule has 2 heterocycles. The number of halogens is 1. The van der Waals surface area contributed by atoms with Crippen LogP contribution >= 0.6 is 0 Å². The molecular formula is C30H28FN3O5. The van der Waals surface area contributed by atoms with Gasteiger partial charge in [0.25, 0.3) is 11.5 Å². The molecule has 0 atom stereocenters. The lowest BCUT2D eigenvalue weighted by Gasteiger charge is -2.23. The number of rotatable bonds is 6. The minimum absolute atomic E-state index is 0.0112. The van der Waals surface area contributed by atoms with Crippen LogP contribution in [0, 0.1) is 5.82 Å². The topological polar surface area (TPSA) is 91.6 Å². The van der Waals surface area contributed by atoms with E-state index in [9.17, 15) is 18.8 Å². The Bertz CT molecular complexity index is 1690. The van der Waals surface area contributed by atoms with E-state index in [1.807, 2.05) is 0 Å². The van der Waals surface area contributed by atoms with Gasteiger partial charge in [-0.15, -0.1) is 0 Å². The number of benzene rings is 3. The summed E-state index contributed by atoms with van der Waals surface area (Å²) < 4.78 is 27.4. The van der Waals surface area contributed by atoms with Crippen LogP contribution in [0.2, 0.25) is 0 Å². The summed E-state index contributed by atoms with van der Waals surface area (Å²) in [6, 6.07) is 16.1. The van der Waals surface area contributed by atoms with Crippen LogP contribution in [0.3, 0.4) is 0 Å². The molecule has 1 N–H and O–H groups in total. The zero-order valence-electron chi connectivity index (χ0n) is 21.3. The van der Waals surface area contributed by atoms with Crippen LogP contribution < -0.4 is 26.0 Å². The van der Waals surface area contributed by atoms with Gasteiger partial charge in [0.15, 0.2) is 11.5 Å². The van der Waals surface area contributed by atoms with Gasteiger partial charge in [0, 0.05) is 11.6 Å². The Morgan fingerprint density at radius 2 is 1.64 bits per heavy atom. The lowest BCUT2D eigenvalue weighted by Crippen LogP contribution is -2.41. The Kier molecular flexibility index (Phi) is 6.64. The van der Waals surface area contributed by atoms with Crippen molar-refractivity contribution in [3.05, 3.63) is 104 Å². The van der Waals surface area contributed by atoms with E-state index in [4.69, 9.17) is 9.47 Å². The summed E-state index contributed by atoms with van der Waals surface area (Å²) in [4.78, 5) is 40.5. The minimum atomic E-state index is -0.556. The van der Waals surface area contributed by atoms with Gasteiger partial charge in [-0.05, 0) is 66.4 Å². The van der Waals surface area contributed by atoms with Gasteiger partial charge in [-0.2, -0.15) is 0 Å². The van der Waals surface area contributed by atoms with Gasteiger partial charge >= 0.3 is 5.69 Å². The Morgan fingerprint density at radius 1 is 0.872 bits per heavy atom. The minimum Gasteiger partial charge on any atom is -0.454 e. The summed E-state index contributed by atoms with van der Waals surface area (Å²) >= 11 is 0. The zero-order valence-corrected chi connectivity index (χ0v) is 21.3. The van der Waals surface area contributed by atoms with Crippen molar-refractivity contribution in [1.82, 2.24) is 14.5 Å². The maximum Gasteiger partial charge on any atom is 0.332 e. The summed E-state index contributed by atoms with van der Waals surface area (Å²) in [7, 11) is 0. The molecule has 0 unspecified atom stereocenters.